The second kappa shape index (κ2) is 9.30. The second-order valence-corrected chi connectivity index (χ2v) is 7.00. The maximum atomic E-state index is 12.0. The van der Waals surface area contributed by atoms with Gasteiger partial charge in [0.1, 0.15) is 11.4 Å². The number of carbonyl (C=O) groups excluding carboxylic acids is 2. The third-order valence-electron chi connectivity index (χ3n) is 3.54. The molecule has 1 amide bonds. The van der Waals surface area contributed by atoms with Crippen molar-refractivity contribution in [1.82, 2.24) is 5.32 Å². The number of methoxy groups -OCH3 is 1. The van der Waals surface area contributed by atoms with E-state index in [0.717, 1.165) is 6.42 Å². The number of nitrogens with one attached hydrogen (secondary N) is 1. The van der Waals surface area contributed by atoms with Crippen LogP contribution in [0, 0.1) is 5.92 Å². The minimum Gasteiger partial charge on any atom is -0.493 e. The molecular formula is C19H29NO5. The van der Waals surface area contributed by atoms with Gasteiger partial charge in [-0.3, -0.25) is 0 Å². The van der Waals surface area contributed by atoms with Crippen LogP contribution in [0.4, 0.5) is 4.79 Å². The molecule has 0 saturated carbocycles. The number of benzene rings is 1. The Morgan fingerprint density at radius 3 is 2.24 bits per heavy atom. The maximum absolute atomic E-state index is 12.0. The van der Waals surface area contributed by atoms with Gasteiger partial charge in [0.25, 0.3) is 0 Å². The van der Waals surface area contributed by atoms with Crippen molar-refractivity contribution in [1.29, 1.82) is 0 Å². The molecule has 0 aromatic heterocycles. The Kier molecular flexibility index (Phi) is 7.74. The van der Waals surface area contributed by atoms with Gasteiger partial charge in [-0.2, -0.15) is 0 Å². The SMILES string of the molecule is CCC(C)COc1ccc(C(NC(=O)OC(C)(C)C)C(=O)OC)cc1. The molecule has 0 radical (unpaired) electrons. The smallest absolute Gasteiger partial charge is 0.408 e. The molecule has 0 aliphatic carbocycles. The summed E-state index contributed by atoms with van der Waals surface area (Å²) in [7, 11) is 1.27. The summed E-state index contributed by atoms with van der Waals surface area (Å²) in [6.45, 7) is 10.1. The minimum absolute atomic E-state index is 0.469. The van der Waals surface area contributed by atoms with E-state index in [1.807, 2.05) is 0 Å². The third kappa shape index (κ3) is 7.45. The summed E-state index contributed by atoms with van der Waals surface area (Å²) in [6.07, 6.45) is 0.363. The van der Waals surface area contributed by atoms with E-state index >= 15 is 0 Å². The zero-order chi connectivity index (χ0) is 19.0. The molecule has 0 heterocycles. The van der Waals surface area contributed by atoms with Crippen LogP contribution in [0.5, 0.6) is 5.75 Å². The van der Waals surface area contributed by atoms with Crippen LogP contribution in [-0.4, -0.2) is 31.4 Å². The van der Waals surface area contributed by atoms with Gasteiger partial charge in [-0.05, 0) is 44.4 Å². The van der Waals surface area contributed by atoms with Crippen LogP contribution >= 0.6 is 0 Å². The first-order valence-electron chi connectivity index (χ1n) is 8.46. The molecule has 1 N–H and O–H groups in total. The fourth-order valence-corrected chi connectivity index (χ4v) is 1.93. The highest BCUT2D eigenvalue weighted by Crippen LogP contribution is 2.20. The molecular weight excluding hydrogens is 322 g/mol. The molecule has 0 aliphatic rings. The molecule has 1 aromatic rings. The molecule has 140 valence electrons. The number of ether oxygens (including phenoxy) is 3. The van der Waals surface area contributed by atoms with Crippen LogP contribution in [0.25, 0.3) is 0 Å². The van der Waals surface area contributed by atoms with E-state index in [1.54, 1.807) is 45.0 Å². The number of amides is 1. The average Bonchev–Trinajstić information content (AvgIpc) is 2.55. The lowest BCUT2D eigenvalue weighted by Crippen LogP contribution is -2.38. The lowest BCUT2D eigenvalue weighted by atomic mass is 10.1. The number of rotatable bonds is 7. The van der Waals surface area contributed by atoms with Gasteiger partial charge in [0.15, 0.2) is 6.04 Å². The minimum atomic E-state index is -0.941. The van der Waals surface area contributed by atoms with Gasteiger partial charge in [0, 0.05) is 0 Å². The van der Waals surface area contributed by atoms with E-state index in [4.69, 9.17) is 14.2 Å². The highest BCUT2D eigenvalue weighted by atomic mass is 16.6. The predicted molar refractivity (Wildman–Crippen MR) is 95.5 cm³/mol. The maximum Gasteiger partial charge on any atom is 0.408 e. The molecule has 0 spiro atoms. The number of esters is 1. The Morgan fingerprint density at radius 1 is 1.16 bits per heavy atom. The highest BCUT2D eigenvalue weighted by Gasteiger charge is 2.26. The first-order valence-corrected chi connectivity index (χ1v) is 8.46. The molecule has 2 unspecified atom stereocenters. The van der Waals surface area contributed by atoms with Crippen molar-refractivity contribution in [2.24, 2.45) is 5.92 Å². The normalized spacial score (nSPS) is 13.5. The van der Waals surface area contributed by atoms with Crippen molar-refractivity contribution in [2.45, 2.75) is 52.7 Å². The fourth-order valence-electron chi connectivity index (χ4n) is 1.93. The van der Waals surface area contributed by atoms with E-state index in [1.165, 1.54) is 7.11 Å². The number of hydrogen-bond donors (Lipinski definition) is 1. The van der Waals surface area contributed by atoms with E-state index in [-0.39, 0.29) is 0 Å². The van der Waals surface area contributed by atoms with Crippen molar-refractivity contribution in [3.63, 3.8) is 0 Å². The Morgan fingerprint density at radius 2 is 1.76 bits per heavy atom. The van der Waals surface area contributed by atoms with Crippen molar-refractivity contribution in [3.8, 4) is 5.75 Å². The van der Waals surface area contributed by atoms with Gasteiger partial charge in [0.2, 0.25) is 0 Å². The van der Waals surface area contributed by atoms with Crippen LogP contribution in [0.15, 0.2) is 24.3 Å². The van der Waals surface area contributed by atoms with Gasteiger partial charge in [-0.15, -0.1) is 0 Å². The summed E-state index contributed by atoms with van der Waals surface area (Å²) < 4.78 is 15.7. The molecule has 0 fully saturated rings. The van der Waals surface area contributed by atoms with Crippen LogP contribution in [-0.2, 0) is 14.3 Å². The van der Waals surface area contributed by atoms with E-state index in [2.05, 4.69) is 19.2 Å². The zero-order valence-electron chi connectivity index (χ0n) is 15.9. The summed E-state index contributed by atoms with van der Waals surface area (Å²) in [5.74, 6) is 0.611. The van der Waals surface area contributed by atoms with E-state index in [9.17, 15) is 9.59 Å². The average molecular weight is 351 g/mol. The summed E-state index contributed by atoms with van der Waals surface area (Å²) in [5.41, 5.74) is -0.0630. The van der Waals surface area contributed by atoms with Gasteiger partial charge >= 0.3 is 12.1 Å². The monoisotopic (exact) mass is 351 g/mol. The standard InChI is InChI=1S/C19H29NO5/c1-7-13(2)12-24-15-10-8-14(9-11-15)16(17(21)23-6)20-18(22)25-19(3,4)5/h8-11,13,16H,7,12H2,1-6H3,(H,20,22). The lowest BCUT2D eigenvalue weighted by molar-refractivity contribution is -0.143. The van der Waals surface area contributed by atoms with E-state index < -0.39 is 23.7 Å². The molecule has 1 rings (SSSR count). The summed E-state index contributed by atoms with van der Waals surface area (Å²) in [4.78, 5) is 24.0. The van der Waals surface area contributed by atoms with Crippen molar-refractivity contribution < 1.29 is 23.8 Å². The fraction of sp³-hybridized carbons (Fsp3) is 0.579. The molecule has 0 saturated heterocycles. The predicted octanol–water partition coefficient (Wildman–Crippen LogP) is 3.85. The van der Waals surface area contributed by atoms with Crippen LogP contribution in [0.2, 0.25) is 0 Å². The molecule has 6 nitrogen and oxygen atoms in total. The van der Waals surface area contributed by atoms with Crippen LogP contribution < -0.4 is 10.1 Å². The molecule has 0 aliphatic heterocycles. The molecule has 0 bridgehead atoms. The number of hydrogen-bond acceptors (Lipinski definition) is 5. The van der Waals surface area contributed by atoms with Crippen LogP contribution in [0.1, 0.15) is 52.6 Å². The quantitative estimate of drug-likeness (QED) is 0.755. The first-order chi connectivity index (χ1) is 11.7. The van der Waals surface area contributed by atoms with E-state index in [0.29, 0.717) is 23.8 Å². The Hall–Kier alpha value is -2.24. The molecule has 25 heavy (non-hydrogen) atoms. The zero-order valence-corrected chi connectivity index (χ0v) is 15.9. The topological polar surface area (TPSA) is 73.9 Å². The van der Waals surface area contributed by atoms with Crippen molar-refractivity contribution >= 4 is 12.1 Å². The molecule has 6 heteroatoms. The summed E-state index contributed by atoms with van der Waals surface area (Å²) >= 11 is 0. The van der Waals surface area contributed by atoms with Gasteiger partial charge in [-0.1, -0.05) is 32.4 Å². The summed E-state index contributed by atoms with van der Waals surface area (Å²) in [5, 5.41) is 2.54. The largest absolute Gasteiger partial charge is 0.493 e. The van der Waals surface area contributed by atoms with Crippen molar-refractivity contribution in [3.05, 3.63) is 29.8 Å². The van der Waals surface area contributed by atoms with Gasteiger partial charge < -0.3 is 19.5 Å². The molecule has 1 aromatic carbocycles. The Labute approximate surface area is 149 Å². The first kappa shape index (κ1) is 20.8. The van der Waals surface area contributed by atoms with Gasteiger partial charge in [0.05, 0.1) is 13.7 Å². The van der Waals surface area contributed by atoms with Gasteiger partial charge in [-0.25, -0.2) is 9.59 Å². The second-order valence-electron chi connectivity index (χ2n) is 7.00. The lowest BCUT2D eigenvalue weighted by Gasteiger charge is -2.23. The van der Waals surface area contributed by atoms with Crippen molar-refractivity contribution in [2.75, 3.05) is 13.7 Å². The number of alkyl carbamates (subject to hydrolysis) is 1. The summed E-state index contributed by atoms with van der Waals surface area (Å²) in [6, 6.07) is 6.05. The highest BCUT2D eigenvalue weighted by molar-refractivity contribution is 5.82. The van der Waals surface area contributed by atoms with Crippen LogP contribution in [0.3, 0.4) is 0 Å². The Balaban J connectivity index is 2.82. The Bertz CT molecular complexity index is 562. The third-order valence-corrected chi connectivity index (χ3v) is 3.54. The molecule has 2 atom stereocenters. The number of carbonyl (C=O) groups is 2.